The average Bonchev–Trinajstić information content (AvgIpc) is 3.36. The van der Waals surface area contributed by atoms with Crippen LogP contribution in [0.5, 0.6) is 0 Å². The number of hydrogen-bond acceptors (Lipinski definition) is 8. The number of hydrogen-bond donors (Lipinski definition) is 4. The number of nitrogen functional groups attached to an aromatic ring is 2. The van der Waals surface area contributed by atoms with E-state index >= 15 is 0 Å². The van der Waals surface area contributed by atoms with E-state index in [4.69, 9.17) is 16.6 Å². The fourth-order valence-electron chi connectivity index (χ4n) is 4.40. The van der Waals surface area contributed by atoms with Crippen molar-refractivity contribution in [3.63, 3.8) is 0 Å². The number of nitrogens with one attached hydrogen (secondary N) is 2. The largest absolute Gasteiger partial charge is 0.416 e. The highest BCUT2D eigenvalue weighted by Crippen LogP contribution is 2.32. The summed E-state index contributed by atoms with van der Waals surface area (Å²) in [6.07, 6.45) is -0.746. The Morgan fingerprint density at radius 2 is 1.67 bits per heavy atom. The summed E-state index contributed by atoms with van der Waals surface area (Å²) in [5.74, 6) is -0.775. The van der Waals surface area contributed by atoms with E-state index in [-0.39, 0.29) is 29.5 Å². The highest BCUT2D eigenvalue weighted by molar-refractivity contribution is 6.04. The number of halogens is 3. The topological polar surface area (TPSA) is 167 Å². The lowest BCUT2D eigenvalue weighted by Gasteiger charge is -2.09. The molecule has 5 rings (SSSR count). The number of para-hydroxylation sites is 2. The summed E-state index contributed by atoms with van der Waals surface area (Å²) in [6, 6.07) is 14.9. The van der Waals surface area contributed by atoms with Crippen molar-refractivity contribution in [1.82, 2.24) is 24.7 Å². The van der Waals surface area contributed by atoms with Crippen molar-refractivity contribution >= 4 is 45.9 Å². The fourth-order valence-corrected chi connectivity index (χ4v) is 4.40. The van der Waals surface area contributed by atoms with Gasteiger partial charge in [0.25, 0.3) is 5.91 Å². The summed E-state index contributed by atoms with van der Waals surface area (Å²) in [7, 11) is 0. The van der Waals surface area contributed by atoms with Crippen LogP contribution in [0.15, 0.2) is 73.2 Å². The molecule has 0 saturated carbocycles. The number of aryl methyl sites for hydroxylation is 1. The molecular formula is C29H26F3N9O2. The zero-order valence-electron chi connectivity index (χ0n) is 22.6. The van der Waals surface area contributed by atoms with Crippen LogP contribution in [0.4, 0.5) is 36.2 Å². The fraction of sp³-hybridized carbons (Fsp3) is 0.172. The molecular weight excluding hydrogens is 563 g/mol. The van der Waals surface area contributed by atoms with Gasteiger partial charge in [-0.15, -0.1) is 0 Å². The Morgan fingerprint density at radius 3 is 2.42 bits per heavy atom. The van der Waals surface area contributed by atoms with Crippen molar-refractivity contribution in [2.75, 3.05) is 22.1 Å². The zero-order chi connectivity index (χ0) is 30.6. The third-order valence-electron chi connectivity index (χ3n) is 6.57. The zero-order valence-corrected chi connectivity index (χ0v) is 22.6. The summed E-state index contributed by atoms with van der Waals surface area (Å²) in [4.78, 5) is 37.3. The molecule has 0 bridgehead atoms. The minimum atomic E-state index is -4.56. The third kappa shape index (κ3) is 6.69. The summed E-state index contributed by atoms with van der Waals surface area (Å²) in [6.45, 7) is 0.457. The molecule has 0 fully saturated rings. The van der Waals surface area contributed by atoms with E-state index < -0.39 is 17.6 Å². The van der Waals surface area contributed by atoms with E-state index in [1.165, 1.54) is 18.5 Å². The molecule has 11 nitrogen and oxygen atoms in total. The molecule has 220 valence electrons. The minimum absolute atomic E-state index is 0.150. The van der Waals surface area contributed by atoms with Gasteiger partial charge in [-0.3, -0.25) is 9.59 Å². The molecule has 3 aromatic heterocycles. The van der Waals surface area contributed by atoms with E-state index in [1.54, 1.807) is 41.1 Å². The van der Waals surface area contributed by atoms with Crippen LogP contribution in [0.25, 0.3) is 22.3 Å². The number of amides is 2. The van der Waals surface area contributed by atoms with Crippen LogP contribution < -0.4 is 22.1 Å². The van der Waals surface area contributed by atoms with Crippen LogP contribution in [-0.2, 0) is 17.5 Å². The van der Waals surface area contributed by atoms with Gasteiger partial charge in [-0.1, -0.05) is 24.3 Å². The number of rotatable bonds is 9. The maximum atomic E-state index is 13.0. The van der Waals surface area contributed by atoms with Gasteiger partial charge in [-0.25, -0.2) is 19.6 Å². The molecule has 5 aromatic rings. The molecule has 0 atom stereocenters. The van der Waals surface area contributed by atoms with Crippen LogP contribution in [0.3, 0.4) is 0 Å². The summed E-state index contributed by atoms with van der Waals surface area (Å²) < 4.78 is 40.7. The lowest BCUT2D eigenvalue weighted by Crippen LogP contribution is -2.14. The standard InChI is InChI=1S/C29H26F3N9O2/c30-29(31,32)19-12-13-35-22(15-19)39-28(43)18-10-8-17(9-11-18)25-24-26(34)36-16-37-27(24)41(40-25)14-4-3-7-23(42)38-21-6-2-1-5-20(21)33/h1-2,5-6,8-13,15-16H,3-4,7,14,33H2,(H,38,42)(H2,34,36,37)(H,35,39,43). The summed E-state index contributed by atoms with van der Waals surface area (Å²) in [5.41, 5.74) is 14.0. The number of carbonyl (C=O) groups excluding carboxylic acids is 2. The lowest BCUT2D eigenvalue weighted by atomic mass is 10.1. The number of unbranched alkanes of at least 4 members (excludes halogenated alkanes) is 1. The van der Waals surface area contributed by atoms with E-state index in [2.05, 4.69) is 25.6 Å². The first-order chi connectivity index (χ1) is 20.6. The number of anilines is 4. The lowest BCUT2D eigenvalue weighted by molar-refractivity contribution is -0.137. The number of alkyl halides is 3. The molecule has 0 spiro atoms. The van der Waals surface area contributed by atoms with Crippen molar-refractivity contribution < 1.29 is 22.8 Å². The molecule has 14 heteroatoms. The highest BCUT2D eigenvalue weighted by Gasteiger charge is 2.31. The number of aromatic nitrogens is 5. The number of fused-ring (bicyclic) bond motifs is 1. The Labute approximate surface area is 243 Å². The predicted molar refractivity (Wildman–Crippen MR) is 156 cm³/mol. The van der Waals surface area contributed by atoms with Crippen LogP contribution >= 0.6 is 0 Å². The van der Waals surface area contributed by atoms with Crippen LogP contribution in [-0.4, -0.2) is 36.5 Å². The van der Waals surface area contributed by atoms with Crippen LogP contribution in [0.1, 0.15) is 35.2 Å². The number of benzene rings is 2. The van der Waals surface area contributed by atoms with E-state index in [0.717, 1.165) is 18.3 Å². The first-order valence-electron chi connectivity index (χ1n) is 13.2. The normalized spacial score (nSPS) is 11.4. The Hall–Kier alpha value is -5.53. The molecule has 3 heterocycles. The molecule has 43 heavy (non-hydrogen) atoms. The molecule has 0 aliphatic carbocycles. The Morgan fingerprint density at radius 1 is 0.907 bits per heavy atom. The van der Waals surface area contributed by atoms with Gasteiger partial charge in [-0.2, -0.15) is 18.3 Å². The van der Waals surface area contributed by atoms with E-state index in [9.17, 15) is 22.8 Å². The maximum absolute atomic E-state index is 13.0. The molecule has 0 aliphatic rings. The van der Waals surface area contributed by atoms with Gasteiger partial charge >= 0.3 is 6.18 Å². The second-order valence-electron chi connectivity index (χ2n) is 9.58. The van der Waals surface area contributed by atoms with Crippen molar-refractivity contribution in [3.8, 4) is 11.3 Å². The van der Waals surface area contributed by atoms with Gasteiger partial charge in [0.05, 0.1) is 22.3 Å². The molecule has 0 unspecified atom stereocenters. The summed E-state index contributed by atoms with van der Waals surface area (Å²) >= 11 is 0. The van der Waals surface area contributed by atoms with E-state index in [1.807, 2.05) is 0 Å². The first kappa shape index (κ1) is 29.0. The maximum Gasteiger partial charge on any atom is 0.416 e. The van der Waals surface area contributed by atoms with Crippen molar-refractivity contribution in [2.24, 2.45) is 0 Å². The highest BCUT2D eigenvalue weighted by atomic mass is 19.4. The van der Waals surface area contributed by atoms with Crippen LogP contribution in [0, 0.1) is 0 Å². The second kappa shape index (κ2) is 12.1. The number of nitrogens with zero attached hydrogens (tertiary/aromatic N) is 5. The summed E-state index contributed by atoms with van der Waals surface area (Å²) in [5, 5.41) is 10.4. The van der Waals surface area contributed by atoms with Gasteiger partial charge < -0.3 is 22.1 Å². The van der Waals surface area contributed by atoms with Crippen molar-refractivity contribution in [2.45, 2.75) is 32.0 Å². The minimum Gasteiger partial charge on any atom is -0.397 e. The molecule has 2 amide bonds. The molecule has 0 radical (unpaired) electrons. The monoisotopic (exact) mass is 589 g/mol. The van der Waals surface area contributed by atoms with Crippen molar-refractivity contribution in [1.29, 1.82) is 0 Å². The molecule has 0 saturated heterocycles. The van der Waals surface area contributed by atoms with Gasteiger partial charge in [-0.05, 0) is 49.2 Å². The van der Waals surface area contributed by atoms with Gasteiger partial charge in [0.1, 0.15) is 23.7 Å². The molecule has 0 aliphatic heterocycles. The smallest absolute Gasteiger partial charge is 0.397 e. The third-order valence-corrected chi connectivity index (χ3v) is 6.57. The number of nitrogens with two attached hydrogens (primary N) is 2. The quantitative estimate of drug-likeness (QED) is 0.136. The van der Waals surface area contributed by atoms with Gasteiger partial charge in [0.15, 0.2) is 5.65 Å². The average molecular weight is 590 g/mol. The SMILES string of the molecule is Nc1ccccc1NC(=O)CCCCn1nc(-c2ccc(C(=O)Nc3cc(C(F)(F)F)ccn3)cc2)c2c(N)ncnc21. The van der Waals surface area contributed by atoms with Crippen molar-refractivity contribution in [3.05, 3.63) is 84.3 Å². The molecule has 6 N–H and O–H groups in total. The van der Waals surface area contributed by atoms with Gasteiger partial charge in [0.2, 0.25) is 5.91 Å². The van der Waals surface area contributed by atoms with E-state index in [0.29, 0.717) is 53.1 Å². The first-order valence-corrected chi connectivity index (χ1v) is 13.2. The number of carbonyl (C=O) groups is 2. The number of pyridine rings is 1. The molecule has 2 aromatic carbocycles. The van der Waals surface area contributed by atoms with Gasteiger partial charge in [0, 0.05) is 30.3 Å². The second-order valence-corrected chi connectivity index (χ2v) is 9.58. The Bertz CT molecular complexity index is 1790. The Balaban J connectivity index is 1.27. The predicted octanol–water partition coefficient (Wildman–Crippen LogP) is 5.13. The Kier molecular flexibility index (Phi) is 8.18. The van der Waals surface area contributed by atoms with Crippen LogP contribution in [0.2, 0.25) is 0 Å².